The summed E-state index contributed by atoms with van der Waals surface area (Å²) in [5.41, 5.74) is 3.26. The van der Waals surface area contributed by atoms with Crippen molar-refractivity contribution < 1.29 is 17.9 Å². The number of carbonyl (C=O) groups excluding carboxylic acids is 1. The first-order valence-corrected chi connectivity index (χ1v) is 11.0. The lowest BCUT2D eigenvalue weighted by molar-refractivity contribution is 0.102. The Morgan fingerprint density at radius 1 is 0.967 bits per heavy atom. The minimum atomic E-state index is -3.81. The van der Waals surface area contributed by atoms with Gasteiger partial charge in [0, 0.05) is 11.3 Å². The number of anilines is 2. The molecular formula is C23H24N2O4S. The number of carbonyl (C=O) groups is 1. The average Bonchev–Trinajstić information content (AvgIpc) is 2.75. The van der Waals surface area contributed by atoms with Gasteiger partial charge in [0.25, 0.3) is 15.9 Å². The molecule has 0 aliphatic rings. The first kappa shape index (κ1) is 21.4. The lowest BCUT2D eigenvalue weighted by Gasteiger charge is -2.13. The molecule has 0 aliphatic heterocycles. The lowest BCUT2D eigenvalue weighted by atomic mass is 10.1. The second kappa shape index (κ2) is 9.00. The molecule has 2 N–H and O–H groups in total. The normalized spacial score (nSPS) is 11.0. The molecule has 7 heteroatoms. The van der Waals surface area contributed by atoms with E-state index in [1.807, 2.05) is 24.3 Å². The van der Waals surface area contributed by atoms with Crippen LogP contribution in [-0.2, 0) is 16.4 Å². The van der Waals surface area contributed by atoms with Crippen LogP contribution in [0.2, 0.25) is 0 Å². The van der Waals surface area contributed by atoms with Gasteiger partial charge in [-0.3, -0.25) is 9.52 Å². The molecule has 3 aromatic carbocycles. The van der Waals surface area contributed by atoms with Gasteiger partial charge in [-0.15, -0.1) is 0 Å². The summed E-state index contributed by atoms with van der Waals surface area (Å²) in [7, 11) is -2.29. The third-order valence-corrected chi connectivity index (χ3v) is 6.12. The Morgan fingerprint density at radius 2 is 1.63 bits per heavy atom. The number of benzene rings is 3. The number of hydrogen-bond donors (Lipinski definition) is 2. The Hall–Kier alpha value is -3.32. The highest BCUT2D eigenvalue weighted by molar-refractivity contribution is 7.92. The van der Waals surface area contributed by atoms with Crippen LogP contribution in [0.3, 0.4) is 0 Å². The number of hydrogen-bond acceptors (Lipinski definition) is 4. The average molecular weight is 425 g/mol. The topological polar surface area (TPSA) is 84.5 Å². The molecule has 0 fully saturated rings. The predicted molar refractivity (Wildman–Crippen MR) is 119 cm³/mol. The van der Waals surface area contributed by atoms with E-state index in [-0.39, 0.29) is 10.8 Å². The molecule has 0 saturated carbocycles. The van der Waals surface area contributed by atoms with E-state index in [0.29, 0.717) is 28.3 Å². The van der Waals surface area contributed by atoms with Gasteiger partial charge in [0.1, 0.15) is 5.75 Å². The SMILES string of the molecule is CCc1ccc(NC(=O)c2ccc(C)c(NS(=O)(=O)c3ccc(OC)cc3)c2)cc1. The smallest absolute Gasteiger partial charge is 0.261 e. The minimum Gasteiger partial charge on any atom is -0.497 e. The summed E-state index contributed by atoms with van der Waals surface area (Å²) in [4.78, 5) is 12.7. The quantitative estimate of drug-likeness (QED) is 0.580. The van der Waals surface area contributed by atoms with Gasteiger partial charge in [-0.1, -0.05) is 25.1 Å². The fourth-order valence-electron chi connectivity index (χ4n) is 2.86. The van der Waals surface area contributed by atoms with Crippen molar-refractivity contribution in [2.75, 3.05) is 17.1 Å². The molecule has 1 amide bonds. The van der Waals surface area contributed by atoms with Crippen molar-refractivity contribution in [3.8, 4) is 5.75 Å². The molecule has 156 valence electrons. The highest BCUT2D eigenvalue weighted by Gasteiger charge is 2.17. The number of nitrogens with one attached hydrogen (secondary N) is 2. The summed E-state index contributed by atoms with van der Waals surface area (Å²) in [5, 5.41) is 2.83. The molecule has 0 atom stereocenters. The third kappa shape index (κ3) is 4.99. The monoisotopic (exact) mass is 424 g/mol. The van der Waals surface area contributed by atoms with Gasteiger partial charge in [-0.25, -0.2) is 8.42 Å². The molecule has 30 heavy (non-hydrogen) atoms. The van der Waals surface area contributed by atoms with E-state index in [4.69, 9.17) is 4.74 Å². The third-order valence-electron chi connectivity index (χ3n) is 4.73. The largest absolute Gasteiger partial charge is 0.497 e. The molecule has 0 radical (unpaired) electrons. The van der Waals surface area contributed by atoms with Gasteiger partial charge in [-0.05, 0) is 73.0 Å². The fraction of sp³-hybridized carbons (Fsp3) is 0.174. The van der Waals surface area contributed by atoms with Crippen LogP contribution in [0.25, 0.3) is 0 Å². The van der Waals surface area contributed by atoms with Crippen LogP contribution >= 0.6 is 0 Å². The van der Waals surface area contributed by atoms with Crippen molar-refractivity contribution in [3.63, 3.8) is 0 Å². The maximum absolute atomic E-state index is 12.7. The number of methoxy groups -OCH3 is 1. The molecule has 0 spiro atoms. The standard InChI is InChI=1S/C23H24N2O4S/c1-4-17-6-9-19(10-7-17)24-23(26)18-8-5-16(2)22(15-18)25-30(27,28)21-13-11-20(29-3)12-14-21/h5-15,25H,4H2,1-3H3,(H,24,26). The summed E-state index contributed by atoms with van der Waals surface area (Å²) < 4.78 is 33.1. The van der Waals surface area contributed by atoms with Crippen LogP contribution < -0.4 is 14.8 Å². The lowest BCUT2D eigenvalue weighted by Crippen LogP contribution is -2.16. The summed E-state index contributed by atoms with van der Waals surface area (Å²) in [5.74, 6) is 0.250. The Bertz CT molecular complexity index is 1140. The van der Waals surface area contributed by atoms with E-state index in [1.165, 1.54) is 30.9 Å². The molecule has 0 heterocycles. The van der Waals surface area contributed by atoms with E-state index in [1.54, 1.807) is 31.2 Å². The van der Waals surface area contributed by atoms with Crippen molar-refractivity contribution >= 4 is 27.3 Å². The molecule has 0 bridgehead atoms. The van der Waals surface area contributed by atoms with Gasteiger partial charge in [0.2, 0.25) is 0 Å². The Morgan fingerprint density at radius 3 is 2.23 bits per heavy atom. The van der Waals surface area contributed by atoms with Crippen molar-refractivity contribution in [1.82, 2.24) is 0 Å². The number of aryl methyl sites for hydroxylation is 2. The summed E-state index contributed by atoms with van der Waals surface area (Å²) in [6.45, 7) is 3.84. The number of amides is 1. The summed E-state index contributed by atoms with van der Waals surface area (Å²) in [6, 6.07) is 18.6. The maximum atomic E-state index is 12.7. The van der Waals surface area contributed by atoms with Gasteiger partial charge in [0.05, 0.1) is 17.7 Å². The van der Waals surface area contributed by atoms with Crippen LogP contribution in [0, 0.1) is 6.92 Å². The minimum absolute atomic E-state index is 0.105. The van der Waals surface area contributed by atoms with Gasteiger partial charge in [0.15, 0.2) is 0 Å². The second-order valence-electron chi connectivity index (χ2n) is 6.82. The highest BCUT2D eigenvalue weighted by Crippen LogP contribution is 2.23. The summed E-state index contributed by atoms with van der Waals surface area (Å²) in [6.07, 6.45) is 0.921. The van der Waals surface area contributed by atoms with Crippen molar-refractivity contribution in [3.05, 3.63) is 83.4 Å². The van der Waals surface area contributed by atoms with Crippen LogP contribution in [0.1, 0.15) is 28.4 Å². The van der Waals surface area contributed by atoms with E-state index >= 15 is 0 Å². The number of rotatable bonds is 7. The Balaban J connectivity index is 1.80. The maximum Gasteiger partial charge on any atom is 0.261 e. The van der Waals surface area contributed by atoms with Crippen LogP contribution in [0.5, 0.6) is 5.75 Å². The molecule has 0 unspecified atom stereocenters. The molecule has 6 nitrogen and oxygen atoms in total. The van der Waals surface area contributed by atoms with Crippen molar-refractivity contribution in [2.45, 2.75) is 25.2 Å². The molecule has 0 aliphatic carbocycles. The molecule has 0 saturated heterocycles. The van der Waals surface area contributed by atoms with Crippen LogP contribution in [0.4, 0.5) is 11.4 Å². The van der Waals surface area contributed by atoms with Gasteiger partial charge < -0.3 is 10.1 Å². The zero-order valence-electron chi connectivity index (χ0n) is 17.1. The van der Waals surface area contributed by atoms with Crippen LogP contribution in [0.15, 0.2) is 71.6 Å². The first-order chi connectivity index (χ1) is 14.3. The molecule has 0 aromatic heterocycles. The highest BCUT2D eigenvalue weighted by atomic mass is 32.2. The van der Waals surface area contributed by atoms with Crippen LogP contribution in [-0.4, -0.2) is 21.4 Å². The second-order valence-corrected chi connectivity index (χ2v) is 8.50. The van der Waals surface area contributed by atoms with Crippen molar-refractivity contribution in [2.24, 2.45) is 0 Å². The molecular weight excluding hydrogens is 400 g/mol. The zero-order chi connectivity index (χ0) is 21.7. The predicted octanol–water partition coefficient (Wildman–Crippen LogP) is 4.62. The van der Waals surface area contributed by atoms with Crippen molar-refractivity contribution in [1.29, 1.82) is 0 Å². The molecule has 3 rings (SSSR count). The fourth-order valence-corrected chi connectivity index (χ4v) is 3.98. The molecule has 3 aromatic rings. The first-order valence-electron chi connectivity index (χ1n) is 9.50. The van der Waals surface area contributed by atoms with E-state index in [0.717, 1.165) is 6.42 Å². The van der Waals surface area contributed by atoms with Gasteiger partial charge >= 0.3 is 0 Å². The van der Waals surface area contributed by atoms with E-state index in [2.05, 4.69) is 17.0 Å². The van der Waals surface area contributed by atoms with E-state index < -0.39 is 10.0 Å². The number of ether oxygens (including phenoxy) is 1. The number of sulfonamides is 1. The summed E-state index contributed by atoms with van der Waals surface area (Å²) >= 11 is 0. The zero-order valence-corrected chi connectivity index (χ0v) is 17.9. The Kier molecular flexibility index (Phi) is 6.42. The Labute approximate surface area is 177 Å². The van der Waals surface area contributed by atoms with Gasteiger partial charge in [-0.2, -0.15) is 0 Å². The van der Waals surface area contributed by atoms with E-state index in [9.17, 15) is 13.2 Å².